The Morgan fingerprint density at radius 3 is 3.00 bits per heavy atom. The maximum absolute atomic E-state index is 7.62. The van der Waals surface area contributed by atoms with E-state index in [1.165, 1.54) is 4.68 Å². The van der Waals surface area contributed by atoms with Crippen molar-refractivity contribution in [1.29, 1.82) is 5.41 Å². The molecule has 0 saturated carbocycles. The summed E-state index contributed by atoms with van der Waals surface area (Å²) in [5.41, 5.74) is 8.12. The maximum atomic E-state index is 7.62. The molecule has 98 valence electrons. The summed E-state index contributed by atoms with van der Waals surface area (Å²) in [6.07, 6.45) is 8.02. The van der Waals surface area contributed by atoms with E-state index in [1.54, 1.807) is 18.6 Å². The van der Waals surface area contributed by atoms with Crippen LogP contribution in [0.5, 0.6) is 0 Å². The maximum Gasteiger partial charge on any atom is 0.215 e. The van der Waals surface area contributed by atoms with Crippen LogP contribution in [0.3, 0.4) is 0 Å². The third-order valence-corrected chi connectivity index (χ3v) is 3.16. The molecule has 0 aliphatic carbocycles. The molecule has 4 N–H and O–H groups in total. The first kappa shape index (κ1) is 11.6. The number of hydrogen-bond acceptors (Lipinski definition) is 5. The number of anilines is 1. The second-order valence-electron chi connectivity index (χ2n) is 4.45. The summed E-state index contributed by atoms with van der Waals surface area (Å²) in [7, 11) is 0. The predicted octanol–water partition coefficient (Wildman–Crippen LogP) is 0.830. The van der Waals surface area contributed by atoms with Crippen LogP contribution in [0.25, 0.3) is 11.4 Å². The zero-order valence-corrected chi connectivity index (χ0v) is 10.4. The third-order valence-electron chi connectivity index (χ3n) is 3.16. The van der Waals surface area contributed by atoms with E-state index in [1.807, 2.05) is 0 Å². The van der Waals surface area contributed by atoms with Gasteiger partial charge < -0.3 is 11.1 Å². The molecular formula is C12H15N7. The molecule has 0 saturated heterocycles. The second kappa shape index (κ2) is 4.68. The van der Waals surface area contributed by atoms with E-state index in [2.05, 4.69) is 20.4 Å². The second-order valence-corrected chi connectivity index (χ2v) is 4.45. The summed E-state index contributed by atoms with van der Waals surface area (Å²) < 4.78 is 1.44. The van der Waals surface area contributed by atoms with Gasteiger partial charge >= 0.3 is 0 Å². The lowest BCUT2D eigenvalue weighted by atomic mass is 10.1. The third kappa shape index (κ3) is 2.03. The van der Waals surface area contributed by atoms with E-state index >= 15 is 0 Å². The Balaban J connectivity index is 2.17. The van der Waals surface area contributed by atoms with Crippen LogP contribution >= 0.6 is 0 Å². The fourth-order valence-corrected chi connectivity index (χ4v) is 2.30. The van der Waals surface area contributed by atoms with Gasteiger partial charge in [0.25, 0.3) is 0 Å². The fourth-order valence-electron chi connectivity index (χ4n) is 2.30. The molecule has 0 atom stereocenters. The summed E-state index contributed by atoms with van der Waals surface area (Å²) in [5, 5.41) is 15.3. The molecule has 0 fully saturated rings. The fraction of sp³-hybridized carbons (Fsp3) is 0.333. The normalized spacial score (nSPS) is 14.3. The summed E-state index contributed by atoms with van der Waals surface area (Å²) in [4.78, 5) is 8.35. The molecule has 0 aromatic carbocycles. The first-order valence-electron chi connectivity index (χ1n) is 6.24. The summed E-state index contributed by atoms with van der Waals surface area (Å²) in [5.74, 6) is 0.714. The predicted molar refractivity (Wildman–Crippen MR) is 72.0 cm³/mol. The molecule has 2 aromatic heterocycles. The summed E-state index contributed by atoms with van der Waals surface area (Å²) in [6.45, 7) is 0.867. The Bertz CT molecular complexity index is 602. The summed E-state index contributed by atoms with van der Waals surface area (Å²) in [6, 6.07) is 0. The van der Waals surface area contributed by atoms with Crippen LogP contribution in [0, 0.1) is 5.41 Å². The molecule has 0 unspecified atom stereocenters. The largest absolute Gasteiger partial charge is 0.370 e. The van der Waals surface area contributed by atoms with E-state index in [9.17, 15) is 0 Å². The van der Waals surface area contributed by atoms with Gasteiger partial charge in [-0.15, -0.1) is 0 Å². The number of nitrogen functional groups attached to an aromatic ring is 1. The van der Waals surface area contributed by atoms with Crippen molar-refractivity contribution < 1.29 is 0 Å². The highest BCUT2D eigenvalue weighted by Gasteiger charge is 2.22. The lowest BCUT2D eigenvalue weighted by molar-refractivity contribution is 0.781. The standard InChI is InChI=1S/C12H15N7/c13-12(14)19-11-8(3-1-2-4-17-11)10(18-19)9-7-15-5-6-16-9/h5-7,17H,1-4H2,(H3,13,14). The molecule has 3 heterocycles. The minimum Gasteiger partial charge on any atom is -0.370 e. The van der Waals surface area contributed by atoms with Crippen LogP contribution in [0.4, 0.5) is 5.82 Å². The van der Waals surface area contributed by atoms with E-state index in [0.717, 1.165) is 42.9 Å². The molecule has 0 bridgehead atoms. The lowest BCUT2D eigenvalue weighted by Gasteiger charge is -2.06. The van der Waals surface area contributed by atoms with Crippen LogP contribution in [-0.2, 0) is 6.42 Å². The number of hydrogen-bond donors (Lipinski definition) is 3. The van der Waals surface area contributed by atoms with Gasteiger partial charge in [0.15, 0.2) is 0 Å². The Labute approximate surface area is 110 Å². The molecule has 0 amide bonds. The van der Waals surface area contributed by atoms with Crippen molar-refractivity contribution >= 4 is 11.8 Å². The lowest BCUT2D eigenvalue weighted by Crippen LogP contribution is -2.24. The zero-order valence-electron chi connectivity index (χ0n) is 10.4. The van der Waals surface area contributed by atoms with Crippen molar-refractivity contribution in [2.24, 2.45) is 5.73 Å². The van der Waals surface area contributed by atoms with Crippen molar-refractivity contribution in [2.45, 2.75) is 19.3 Å². The van der Waals surface area contributed by atoms with Crippen LogP contribution < -0.4 is 11.1 Å². The molecule has 7 heteroatoms. The van der Waals surface area contributed by atoms with Gasteiger partial charge in [0.2, 0.25) is 5.96 Å². The van der Waals surface area contributed by atoms with Gasteiger partial charge in [-0.25, -0.2) is 0 Å². The molecule has 0 radical (unpaired) electrons. The zero-order chi connectivity index (χ0) is 13.2. The number of rotatable bonds is 1. The highest BCUT2D eigenvalue weighted by atomic mass is 15.4. The number of nitrogens with zero attached hydrogens (tertiary/aromatic N) is 4. The molecule has 1 aliphatic rings. The smallest absolute Gasteiger partial charge is 0.215 e. The van der Waals surface area contributed by atoms with Gasteiger partial charge in [0.1, 0.15) is 17.2 Å². The van der Waals surface area contributed by atoms with Crippen molar-refractivity contribution in [3.63, 3.8) is 0 Å². The first-order valence-corrected chi connectivity index (χ1v) is 6.24. The quantitative estimate of drug-likeness (QED) is 0.518. The highest BCUT2D eigenvalue weighted by Crippen LogP contribution is 2.30. The summed E-state index contributed by atoms with van der Waals surface area (Å²) >= 11 is 0. The van der Waals surface area contributed by atoms with Crippen molar-refractivity contribution in [2.75, 3.05) is 11.9 Å². The van der Waals surface area contributed by atoms with E-state index in [0.29, 0.717) is 5.69 Å². The topological polar surface area (TPSA) is 106 Å². The molecular weight excluding hydrogens is 242 g/mol. The SMILES string of the molecule is N=C(N)n1nc(-c2cnccn2)c2c1NCCCC2. The Kier molecular flexibility index (Phi) is 2.86. The Morgan fingerprint density at radius 2 is 2.26 bits per heavy atom. The van der Waals surface area contributed by atoms with E-state index in [-0.39, 0.29) is 5.96 Å². The number of fused-ring (bicyclic) bond motifs is 1. The van der Waals surface area contributed by atoms with Crippen LogP contribution in [0.1, 0.15) is 18.4 Å². The van der Waals surface area contributed by atoms with Crippen LogP contribution in [0.2, 0.25) is 0 Å². The number of nitrogens with one attached hydrogen (secondary N) is 2. The van der Waals surface area contributed by atoms with Crippen LogP contribution in [0.15, 0.2) is 18.6 Å². The van der Waals surface area contributed by atoms with Gasteiger partial charge in [0, 0.05) is 24.5 Å². The molecule has 0 spiro atoms. The van der Waals surface area contributed by atoms with Gasteiger partial charge in [-0.05, 0) is 19.3 Å². The van der Waals surface area contributed by atoms with Gasteiger partial charge in [-0.1, -0.05) is 0 Å². The van der Waals surface area contributed by atoms with E-state index in [4.69, 9.17) is 11.1 Å². The molecule has 3 rings (SSSR count). The molecule has 7 nitrogen and oxygen atoms in total. The first-order chi connectivity index (χ1) is 9.27. The van der Waals surface area contributed by atoms with Crippen molar-refractivity contribution in [3.8, 4) is 11.4 Å². The Hall–Kier alpha value is -2.44. The average Bonchev–Trinajstić information content (AvgIpc) is 2.62. The number of nitrogens with two attached hydrogens (primary N) is 1. The van der Waals surface area contributed by atoms with Crippen molar-refractivity contribution in [3.05, 3.63) is 24.2 Å². The minimum absolute atomic E-state index is 0.0965. The van der Waals surface area contributed by atoms with Crippen LogP contribution in [-0.4, -0.2) is 32.3 Å². The van der Waals surface area contributed by atoms with Crippen molar-refractivity contribution in [1.82, 2.24) is 19.7 Å². The van der Waals surface area contributed by atoms with Gasteiger partial charge in [-0.2, -0.15) is 9.78 Å². The Morgan fingerprint density at radius 1 is 1.37 bits per heavy atom. The highest BCUT2D eigenvalue weighted by molar-refractivity contribution is 5.83. The molecule has 19 heavy (non-hydrogen) atoms. The molecule has 2 aromatic rings. The van der Waals surface area contributed by atoms with Gasteiger partial charge in [0.05, 0.1) is 6.20 Å². The number of aromatic nitrogens is 4. The van der Waals surface area contributed by atoms with Gasteiger partial charge in [-0.3, -0.25) is 15.4 Å². The molecule has 1 aliphatic heterocycles. The monoisotopic (exact) mass is 257 g/mol. The average molecular weight is 257 g/mol. The minimum atomic E-state index is -0.0965. The van der Waals surface area contributed by atoms with E-state index < -0.39 is 0 Å².